The Bertz CT molecular complexity index is 649. The molecule has 2 amide bonds. The molecule has 0 aromatic heterocycles. The summed E-state index contributed by atoms with van der Waals surface area (Å²) in [6, 6.07) is 15.5. The van der Waals surface area contributed by atoms with Crippen LogP contribution in [-0.2, 0) is 0 Å². The van der Waals surface area contributed by atoms with Crippen LogP contribution in [0.15, 0.2) is 53.4 Å². The van der Waals surface area contributed by atoms with E-state index in [2.05, 4.69) is 23.3 Å². The molecule has 0 spiro atoms. The Morgan fingerprint density at radius 3 is 2.63 bits per heavy atom. The van der Waals surface area contributed by atoms with Crippen molar-refractivity contribution in [2.24, 2.45) is 0 Å². The number of carbonyl (C=O) groups excluding carboxylic acids is 1. The molecule has 0 aliphatic heterocycles. The second kappa shape index (κ2) is 5.94. The molecule has 0 unspecified atom stereocenters. The summed E-state index contributed by atoms with van der Waals surface area (Å²) in [5.41, 5.74) is 1.68. The number of anilines is 2. The zero-order valence-electron chi connectivity index (χ0n) is 9.92. The maximum absolute atomic E-state index is 11.8. The lowest BCUT2D eigenvalue weighted by Gasteiger charge is -2.09. The van der Waals surface area contributed by atoms with Crippen molar-refractivity contribution in [3.63, 3.8) is 0 Å². The van der Waals surface area contributed by atoms with Gasteiger partial charge in [0.25, 0.3) is 0 Å². The average molecular weight is 269 g/mol. The summed E-state index contributed by atoms with van der Waals surface area (Å²) in [5.74, 6) is 0. The molecule has 2 rings (SSSR count). The minimum Gasteiger partial charge on any atom is -0.308 e. The fourth-order valence-corrected chi connectivity index (χ4v) is 1.75. The van der Waals surface area contributed by atoms with Gasteiger partial charge >= 0.3 is 6.03 Å². The predicted octanol–water partition coefficient (Wildman–Crippen LogP) is 3.49. The number of nitrogens with zero attached hydrogens (tertiary/aromatic N) is 1. The Balaban J connectivity index is 2.06. The summed E-state index contributed by atoms with van der Waals surface area (Å²) in [6.07, 6.45) is 0. The van der Waals surface area contributed by atoms with Gasteiger partial charge in [-0.15, -0.1) is 12.6 Å². The molecule has 2 aromatic rings. The second-order valence-corrected chi connectivity index (χ2v) is 4.27. The standard InChI is InChI=1S/C14H11N3OS/c15-9-10-4-3-5-11(8-10)16-14(18)17-12-6-1-2-7-13(12)19/h1-8,19H,(H2,16,17,18). The molecular formula is C14H11N3OS. The van der Waals surface area contributed by atoms with Gasteiger partial charge in [0.15, 0.2) is 0 Å². The number of benzene rings is 2. The Morgan fingerprint density at radius 2 is 1.89 bits per heavy atom. The number of amides is 2. The molecule has 0 bridgehead atoms. The Labute approximate surface area is 116 Å². The fraction of sp³-hybridized carbons (Fsp3) is 0. The van der Waals surface area contributed by atoms with Gasteiger partial charge in [-0.2, -0.15) is 5.26 Å². The van der Waals surface area contributed by atoms with E-state index in [4.69, 9.17) is 5.26 Å². The van der Waals surface area contributed by atoms with Crippen LogP contribution < -0.4 is 10.6 Å². The Hall–Kier alpha value is -2.45. The van der Waals surface area contributed by atoms with Gasteiger partial charge in [-0.25, -0.2) is 4.79 Å². The highest BCUT2D eigenvalue weighted by Gasteiger charge is 2.05. The number of nitriles is 1. The summed E-state index contributed by atoms with van der Waals surface area (Å²) in [4.78, 5) is 12.5. The van der Waals surface area contributed by atoms with E-state index >= 15 is 0 Å². The van der Waals surface area contributed by atoms with Gasteiger partial charge in [0, 0.05) is 10.6 Å². The van der Waals surface area contributed by atoms with Gasteiger partial charge < -0.3 is 10.6 Å². The van der Waals surface area contributed by atoms with Gasteiger partial charge in [0.2, 0.25) is 0 Å². The first kappa shape index (κ1) is 13.0. The number of hydrogen-bond donors (Lipinski definition) is 3. The molecule has 2 N–H and O–H groups in total. The quantitative estimate of drug-likeness (QED) is 0.731. The van der Waals surface area contributed by atoms with Gasteiger partial charge in [-0.05, 0) is 30.3 Å². The number of urea groups is 1. The maximum atomic E-state index is 11.8. The largest absolute Gasteiger partial charge is 0.323 e. The molecule has 0 saturated heterocycles. The Morgan fingerprint density at radius 1 is 1.11 bits per heavy atom. The highest BCUT2D eigenvalue weighted by atomic mass is 32.1. The van der Waals surface area contributed by atoms with Gasteiger partial charge in [-0.1, -0.05) is 18.2 Å². The van der Waals surface area contributed by atoms with Crippen LogP contribution in [0.4, 0.5) is 16.2 Å². The summed E-state index contributed by atoms with van der Waals surface area (Å²) in [7, 11) is 0. The molecular weight excluding hydrogens is 258 g/mol. The first-order chi connectivity index (χ1) is 9.19. The lowest BCUT2D eigenvalue weighted by atomic mass is 10.2. The van der Waals surface area contributed by atoms with E-state index in [0.29, 0.717) is 21.8 Å². The van der Waals surface area contributed by atoms with Crippen LogP contribution in [0.1, 0.15) is 5.56 Å². The third kappa shape index (κ3) is 3.50. The number of carbonyl (C=O) groups is 1. The lowest BCUT2D eigenvalue weighted by molar-refractivity contribution is 0.262. The van der Waals surface area contributed by atoms with E-state index in [9.17, 15) is 4.79 Å². The van der Waals surface area contributed by atoms with E-state index in [0.717, 1.165) is 0 Å². The number of hydrogen-bond acceptors (Lipinski definition) is 3. The molecule has 0 heterocycles. The van der Waals surface area contributed by atoms with Gasteiger partial charge in [0.1, 0.15) is 0 Å². The SMILES string of the molecule is N#Cc1cccc(NC(=O)Nc2ccccc2S)c1. The van der Waals surface area contributed by atoms with E-state index in [1.54, 1.807) is 36.4 Å². The van der Waals surface area contributed by atoms with Crippen LogP contribution in [0.3, 0.4) is 0 Å². The van der Waals surface area contributed by atoms with Gasteiger partial charge in [-0.3, -0.25) is 0 Å². The van der Waals surface area contributed by atoms with E-state index in [-0.39, 0.29) is 6.03 Å². The number of nitrogens with one attached hydrogen (secondary N) is 2. The topological polar surface area (TPSA) is 64.9 Å². The third-order valence-electron chi connectivity index (χ3n) is 2.40. The first-order valence-corrected chi connectivity index (χ1v) is 6.00. The van der Waals surface area contributed by atoms with Crippen molar-refractivity contribution in [2.75, 3.05) is 10.6 Å². The normalized spacial score (nSPS) is 9.47. The summed E-state index contributed by atoms with van der Waals surface area (Å²) in [6.45, 7) is 0. The first-order valence-electron chi connectivity index (χ1n) is 5.55. The van der Waals surface area contributed by atoms with Crippen LogP contribution in [-0.4, -0.2) is 6.03 Å². The van der Waals surface area contributed by atoms with Crippen molar-refractivity contribution in [1.29, 1.82) is 5.26 Å². The van der Waals surface area contributed by atoms with Crippen molar-refractivity contribution in [3.8, 4) is 6.07 Å². The van der Waals surface area contributed by atoms with Crippen molar-refractivity contribution in [3.05, 3.63) is 54.1 Å². The minimum absolute atomic E-state index is 0.378. The Kier molecular flexibility index (Phi) is 4.06. The predicted molar refractivity (Wildman–Crippen MR) is 77.5 cm³/mol. The van der Waals surface area contributed by atoms with Crippen molar-refractivity contribution < 1.29 is 4.79 Å². The highest BCUT2D eigenvalue weighted by Crippen LogP contribution is 2.19. The molecule has 0 aliphatic rings. The monoisotopic (exact) mass is 269 g/mol. The van der Waals surface area contributed by atoms with E-state index < -0.39 is 0 Å². The van der Waals surface area contributed by atoms with E-state index in [1.165, 1.54) is 0 Å². The van der Waals surface area contributed by atoms with Crippen molar-refractivity contribution in [1.82, 2.24) is 0 Å². The average Bonchev–Trinajstić information content (AvgIpc) is 2.41. The number of para-hydroxylation sites is 1. The maximum Gasteiger partial charge on any atom is 0.323 e. The van der Waals surface area contributed by atoms with E-state index in [1.807, 2.05) is 18.2 Å². The fourth-order valence-electron chi connectivity index (χ4n) is 1.53. The molecule has 19 heavy (non-hydrogen) atoms. The number of thiol groups is 1. The van der Waals surface area contributed by atoms with Crippen LogP contribution in [0.25, 0.3) is 0 Å². The van der Waals surface area contributed by atoms with Crippen LogP contribution in [0, 0.1) is 11.3 Å². The highest BCUT2D eigenvalue weighted by molar-refractivity contribution is 7.80. The van der Waals surface area contributed by atoms with Crippen LogP contribution >= 0.6 is 12.6 Å². The molecule has 94 valence electrons. The van der Waals surface area contributed by atoms with Crippen LogP contribution in [0.2, 0.25) is 0 Å². The lowest BCUT2D eigenvalue weighted by Crippen LogP contribution is -2.19. The molecule has 0 fully saturated rings. The zero-order chi connectivity index (χ0) is 13.7. The molecule has 0 atom stereocenters. The van der Waals surface area contributed by atoms with Crippen LogP contribution in [0.5, 0.6) is 0 Å². The second-order valence-electron chi connectivity index (χ2n) is 3.79. The molecule has 0 saturated carbocycles. The molecule has 5 heteroatoms. The third-order valence-corrected chi connectivity index (χ3v) is 2.79. The molecule has 0 radical (unpaired) electrons. The summed E-state index contributed by atoms with van der Waals surface area (Å²) < 4.78 is 0. The van der Waals surface area contributed by atoms with Crippen molar-refractivity contribution >= 4 is 30.0 Å². The number of rotatable bonds is 2. The zero-order valence-corrected chi connectivity index (χ0v) is 10.8. The van der Waals surface area contributed by atoms with Crippen molar-refractivity contribution in [2.45, 2.75) is 4.90 Å². The molecule has 0 aliphatic carbocycles. The molecule has 2 aromatic carbocycles. The molecule has 4 nitrogen and oxygen atoms in total. The minimum atomic E-state index is -0.378. The smallest absolute Gasteiger partial charge is 0.308 e. The summed E-state index contributed by atoms with van der Waals surface area (Å²) >= 11 is 4.24. The summed E-state index contributed by atoms with van der Waals surface area (Å²) in [5, 5.41) is 14.1. The van der Waals surface area contributed by atoms with Gasteiger partial charge in [0.05, 0.1) is 17.3 Å².